The molecule has 0 radical (unpaired) electrons. The summed E-state index contributed by atoms with van der Waals surface area (Å²) in [7, 11) is 0. The Hall–Kier alpha value is -1.88. The van der Waals surface area contributed by atoms with Gasteiger partial charge in [-0.3, -0.25) is 9.59 Å². The molecule has 2 fully saturated rings. The number of anilines is 2. The van der Waals surface area contributed by atoms with Crippen LogP contribution in [0.25, 0.3) is 0 Å². The fourth-order valence-electron chi connectivity index (χ4n) is 2.69. The van der Waals surface area contributed by atoms with E-state index >= 15 is 0 Å². The van der Waals surface area contributed by atoms with Gasteiger partial charge in [-0.25, -0.2) is 0 Å². The maximum atomic E-state index is 11.8. The van der Waals surface area contributed by atoms with Gasteiger partial charge >= 0.3 is 0 Å². The van der Waals surface area contributed by atoms with Crippen molar-refractivity contribution < 1.29 is 14.7 Å². The third-order valence-electron chi connectivity index (χ3n) is 3.63. The minimum Gasteiger partial charge on any atom is -0.391 e. The van der Waals surface area contributed by atoms with Crippen molar-refractivity contribution in [2.45, 2.75) is 25.4 Å². The number of β-amino-alcohol motifs (C(OH)–C–C–N with tert-alkyl or cyclic N) is 1. The summed E-state index contributed by atoms with van der Waals surface area (Å²) in [4.78, 5) is 26.8. The van der Waals surface area contributed by atoms with Crippen LogP contribution in [-0.4, -0.2) is 36.1 Å². The fraction of sp³-hybridized carbons (Fsp3) is 0.429. The summed E-state index contributed by atoms with van der Waals surface area (Å²) in [6.45, 7) is 1.06. The van der Waals surface area contributed by atoms with E-state index < -0.39 is 6.10 Å². The topological polar surface area (TPSA) is 60.9 Å². The number of rotatable bonds is 2. The Morgan fingerprint density at radius 3 is 2.42 bits per heavy atom. The van der Waals surface area contributed by atoms with Gasteiger partial charge in [0.1, 0.15) is 0 Å². The third-order valence-corrected chi connectivity index (χ3v) is 3.63. The summed E-state index contributed by atoms with van der Waals surface area (Å²) in [5, 5.41) is 9.53. The second-order valence-electron chi connectivity index (χ2n) is 5.03. The summed E-state index contributed by atoms with van der Waals surface area (Å²) in [6.07, 6.45) is 1.05. The smallest absolute Gasteiger partial charge is 0.229 e. The van der Waals surface area contributed by atoms with Gasteiger partial charge in [0.05, 0.1) is 19.1 Å². The summed E-state index contributed by atoms with van der Waals surface area (Å²) >= 11 is 0. The van der Waals surface area contributed by atoms with Crippen LogP contribution < -0.4 is 9.80 Å². The average Bonchev–Trinajstić information content (AvgIpc) is 2.95. The Morgan fingerprint density at radius 1 is 1.11 bits per heavy atom. The molecule has 100 valence electrons. The zero-order chi connectivity index (χ0) is 13.4. The highest BCUT2D eigenvalue weighted by Crippen LogP contribution is 2.28. The van der Waals surface area contributed by atoms with Gasteiger partial charge in [0.15, 0.2) is 0 Å². The van der Waals surface area contributed by atoms with E-state index in [1.54, 1.807) is 9.80 Å². The van der Waals surface area contributed by atoms with Gasteiger partial charge in [-0.1, -0.05) is 6.07 Å². The molecular weight excluding hydrogens is 244 g/mol. The lowest BCUT2D eigenvalue weighted by Gasteiger charge is -2.20. The van der Waals surface area contributed by atoms with Crippen LogP contribution in [0.5, 0.6) is 0 Å². The molecular formula is C14H16N2O3. The molecule has 3 rings (SSSR count). The molecule has 0 saturated carbocycles. The van der Waals surface area contributed by atoms with Crippen LogP contribution in [-0.2, 0) is 9.59 Å². The number of carbonyl (C=O) groups excluding carboxylic acids is 2. The predicted molar refractivity (Wildman–Crippen MR) is 71.0 cm³/mol. The van der Waals surface area contributed by atoms with E-state index in [1.165, 1.54) is 0 Å². The van der Waals surface area contributed by atoms with E-state index in [4.69, 9.17) is 0 Å². The molecule has 2 aliphatic rings. The van der Waals surface area contributed by atoms with Gasteiger partial charge in [0.25, 0.3) is 0 Å². The van der Waals surface area contributed by atoms with Crippen molar-refractivity contribution in [3.05, 3.63) is 24.3 Å². The van der Waals surface area contributed by atoms with Crippen LogP contribution in [0.1, 0.15) is 19.3 Å². The Kier molecular flexibility index (Phi) is 2.98. The van der Waals surface area contributed by atoms with Crippen molar-refractivity contribution in [2.75, 3.05) is 22.9 Å². The van der Waals surface area contributed by atoms with Crippen LogP contribution in [0.4, 0.5) is 11.4 Å². The van der Waals surface area contributed by atoms with Crippen molar-refractivity contribution in [3.63, 3.8) is 0 Å². The maximum absolute atomic E-state index is 11.8. The normalized spacial score (nSPS) is 23.5. The summed E-state index contributed by atoms with van der Waals surface area (Å²) in [6, 6.07) is 7.40. The molecule has 19 heavy (non-hydrogen) atoms. The van der Waals surface area contributed by atoms with Crippen molar-refractivity contribution in [1.82, 2.24) is 0 Å². The first-order chi connectivity index (χ1) is 9.15. The zero-order valence-electron chi connectivity index (χ0n) is 10.6. The number of carbonyl (C=O) groups is 2. The van der Waals surface area contributed by atoms with E-state index in [0.717, 1.165) is 24.3 Å². The van der Waals surface area contributed by atoms with Gasteiger partial charge in [-0.05, 0) is 24.6 Å². The molecule has 2 heterocycles. The van der Waals surface area contributed by atoms with Crippen LogP contribution in [0.15, 0.2) is 24.3 Å². The van der Waals surface area contributed by atoms with E-state index in [0.29, 0.717) is 13.0 Å². The molecule has 5 nitrogen and oxygen atoms in total. The van der Waals surface area contributed by atoms with Gasteiger partial charge < -0.3 is 14.9 Å². The number of hydrogen-bond acceptors (Lipinski definition) is 3. The summed E-state index contributed by atoms with van der Waals surface area (Å²) in [5.74, 6) is 0.0577. The molecule has 0 bridgehead atoms. The monoisotopic (exact) mass is 260 g/mol. The molecule has 1 aromatic carbocycles. The number of aliphatic hydroxyl groups excluding tert-OH is 1. The van der Waals surface area contributed by atoms with Gasteiger partial charge in [-0.2, -0.15) is 0 Å². The summed E-state index contributed by atoms with van der Waals surface area (Å²) < 4.78 is 0. The summed E-state index contributed by atoms with van der Waals surface area (Å²) in [5.41, 5.74) is 1.58. The molecule has 0 aliphatic carbocycles. The molecule has 0 spiro atoms. The van der Waals surface area contributed by atoms with Crippen LogP contribution in [0.3, 0.4) is 0 Å². The molecule has 1 aromatic rings. The quantitative estimate of drug-likeness (QED) is 0.859. The lowest BCUT2D eigenvalue weighted by atomic mass is 10.2. The highest BCUT2D eigenvalue weighted by molar-refractivity contribution is 5.98. The van der Waals surface area contributed by atoms with Gasteiger partial charge in [0, 0.05) is 24.3 Å². The Labute approximate surface area is 111 Å². The van der Waals surface area contributed by atoms with Crippen molar-refractivity contribution in [1.29, 1.82) is 0 Å². The Morgan fingerprint density at radius 2 is 1.84 bits per heavy atom. The molecule has 0 aromatic heterocycles. The number of amides is 2. The number of aliphatic hydroxyl groups is 1. The van der Waals surface area contributed by atoms with E-state index in [1.807, 2.05) is 24.3 Å². The standard InChI is InChI=1S/C14H16N2O3/c17-12-8-14(19)16(9-12)11-4-1-3-10(7-11)15-6-2-5-13(15)18/h1,3-4,7,12,17H,2,5-6,8-9H2. The second kappa shape index (κ2) is 4.66. The largest absolute Gasteiger partial charge is 0.391 e. The first kappa shape index (κ1) is 12.2. The maximum Gasteiger partial charge on any atom is 0.229 e. The van der Waals surface area contributed by atoms with Gasteiger partial charge in [-0.15, -0.1) is 0 Å². The van der Waals surface area contributed by atoms with E-state index in [-0.39, 0.29) is 18.2 Å². The Bertz CT molecular complexity index is 529. The van der Waals surface area contributed by atoms with Crippen molar-refractivity contribution in [3.8, 4) is 0 Å². The molecule has 2 amide bonds. The zero-order valence-corrected chi connectivity index (χ0v) is 10.6. The molecule has 1 unspecified atom stereocenters. The van der Waals surface area contributed by atoms with Crippen LogP contribution in [0, 0.1) is 0 Å². The molecule has 2 aliphatic heterocycles. The highest BCUT2D eigenvalue weighted by Gasteiger charge is 2.30. The lowest BCUT2D eigenvalue weighted by Crippen LogP contribution is -2.27. The molecule has 1 N–H and O–H groups in total. The molecule has 5 heteroatoms. The third kappa shape index (κ3) is 2.21. The average molecular weight is 260 g/mol. The van der Waals surface area contributed by atoms with Gasteiger partial charge in [0.2, 0.25) is 11.8 Å². The first-order valence-electron chi connectivity index (χ1n) is 6.54. The number of benzene rings is 1. The molecule has 1 atom stereocenters. The first-order valence-corrected chi connectivity index (χ1v) is 6.54. The van der Waals surface area contributed by atoms with Crippen molar-refractivity contribution in [2.24, 2.45) is 0 Å². The van der Waals surface area contributed by atoms with Crippen molar-refractivity contribution >= 4 is 23.2 Å². The Balaban J connectivity index is 1.88. The van der Waals surface area contributed by atoms with Crippen LogP contribution >= 0.6 is 0 Å². The minimum absolute atomic E-state index is 0.0719. The van der Waals surface area contributed by atoms with E-state index in [9.17, 15) is 14.7 Å². The predicted octanol–water partition coefficient (Wildman–Crippen LogP) is 0.911. The lowest BCUT2D eigenvalue weighted by molar-refractivity contribution is -0.118. The fourth-order valence-corrected chi connectivity index (χ4v) is 2.69. The van der Waals surface area contributed by atoms with E-state index in [2.05, 4.69) is 0 Å². The second-order valence-corrected chi connectivity index (χ2v) is 5.03. The minimum atomic E-state index is -0.593. The van der Waals surface area contributed by atoms with Crippen LogP contribution in [0.2, 0.25) is 0 Å². The highest BCUT2D eigenvalue weighted by atomic mass is 16.3. The number of nitrogens with zero attached hydrogens (tertiary/aromatic N) is 2. The SMILES string of the molecule is O=C1CCCN1c1cccc(N2CC(O)CC2=O)c1. The number of hydrogen-bond donors (Lipinski definition) is 1. The molecule has 2 saturated heterocycles.